The second-order valence-corrected chi connectivity index (χ2v) is 6.08. The Hall–Kier alpha value is -0.903. The number of rotatable bonds is 3. The minimum Gasteiger partial charge on any atom is -0.435 e. The Morgan fingerprint density at radius 3 is 2.08 bits per heavy atom. The first kappa shape index (κ1) is 10.2. The van der Waals surface area contributed by atoms with Gasteiger partial charge in [-0.2, -0.15) is 8.78 Å². The third kappa shape index (κ3) is 3.14. The van der Waals surface area contributed by atoms with Crippen LogP contribution in [0.3, 0.4) is 0 Å². The first-order chi connectivity index (χ1) is 6.09. The van der Waals surface area contributed by atoms with Crippen molar-refractivity contribution >= 4 is 14.0 Å². The van der Waals surface area contributed by atoms with Crippen molar-refractivity contribution in [1.82, 2.24) is 0 Å². The molecule has 13 heavy (non-hydrogen) atoms. The first-order valence-corrected chi connectivity index (χ1v) is 7.03. The second-order valence-electron chi connectivity index (χ2n) is 3.10. The Labute approximate surface area is 77.9 Å². The van der Waals surface area contributed by atoms with Gasteiger partial charge in [0, 0.05) is 0 Å². The Morgan fingerprint density at radius 2 is 1.69 bits per heavy atom. The van der Waals surface area contributed by atoms with Gasteiger partial charge in [0.15, 0.2) is 0 Å². The van der Waals surface area contributed by atoms with Gasteiger partial charge in [-0.3, -0.25) is 0 Å². The fourth-order valence-corrected chi connectivity index (χ4v) is 2.00. The van der Waals surface area contributed by atoms with E-state index in [2.05, 4.69) is 17.8 Å². The Balaban J connectivity index is 2.70. The third-order valence-electron chi connectivity index (χ3n) is 1.77. The summed E-state index contributed by atoms with van der Waals surface area (Å²) in [6, 6.07) is 6.90. The number of halogens is 2. The Morgan fingerprint density at radius 1 is 1.15 bits per heavy atom. The number of ether oxygens (including phenoxy) is 1. The average molecular weight is 202 g/mol. The molecule has 0 aliphatic heterocycles. The van der Waals surface area contributed by atoms with E-state index in [1.807, 2.05) is 12.1 Å². The van der Waals surface area contributed by atoms with E-state index in [9.17, 15) is 8.78 Å². The van der Waals surface area contributed by atoms with Gasteiger partial charge >= 0.3 is 6.61 Å². The predicted molar refractivity (Wildman–Crippen MR) is 51.6 cm³/mol. The van der Waals surface area contributed by atoms with Gasteiger partial charge in [-0.1, -0.05) is 30.4 Å². The summed E-state index contributed by atoms with van der Waals surface area (Å²) < 4.78 is 27.8. The molecule has 1 aromatic rings. The minimum absolute atomic E-state index is 0.230. The van der Waals surface area contributed by atoms with E-state index < -0.39 is 15.4 Å². The molecule has 1 aromatic carbocycles. The van der Waals surface area contributed by atoms with Crippen LogP contribution in [-0.4, -0.2) is 15.4 Å². The normalized spacial score (nSPS) is 10.9. The van der Waals surface area contributed by atoms with Gasteiger partial charge in [-0.05, 0) is 12.1 Å². The van der Waals surface area contributed by atoms with Crippen molar-refractivity contribution in [3.05, 3.63) is 24.3 Å². The highest BCUT2D eigenvalue weighted by Gasteiger charge is 2.04. The summed E-state index contributed by atoms with van der Waals surface area (Å²) in [5, 5.41) is 1.25. The van der Waals surface area contributed by atoms with Crippen molar-refractivity contribution < 1.29 is 13.5 Å². The molecule has 0 saturated heterocycles. The summed E-state index contributed by atoms with van der Waals surface area (Å²) in [7, 11) is -0.828. The smallest absolute Gasteiger partial charge is 0.387 e. The van der Waals surface area contributed by atoms with Gasteiger partial charge in [0.2, 0.25) is 0 Å². The zero-order valence-corrected chi connectivity index (χ0v) is 8.78. The molecule has 0 radical (unpaired) electrons. The molecule has 0 aromatic heterocycles. The number of alkyl halides is 2. The summed E-state index contributed by atoms with van der Waals surface area (Å²) in [4.78, 5) is 0. The van der Waals surface area contributed by atoms with Crippen LogP contribution < -0.4 is 9.92 Å². The Bertz CT molecular complexity index is 259. The average Bonchev–Trinajstić information content (AvgIpc) is 2.04. The summed E-state index contributed by atoms with van der Waals surface area (Å²) in [5.74, 6) is 0.230. The van der Waals surface area contributed by atoms with Crippen LogP contribution in [0.15, 0.2) is 24.3 Å². The molecule has 0 fully saturated rings. The maximum atomic E-state index is 11.8. The molecule has 1 rings (SSSR count). The highest BCUT2D eigenvalue weighted by Crippen LogP contribution is 2.11. The van der Waals surface area contributed by atoms with Gasteiger partial charge in [0.05, 0.1) is 8.80 Å². The predicted octanol–water partition coefficient (Wildman–Crippen LogP) is 1.98. The molecule has 0 amide bonds. The monoisotopic (exact) mass is 202 g/mol. The summed E-state index contributed by atoms with van der Waals surface area (Å²) in [6.45, 7) is 1.63. The van der Waals surface area contributed by atoms with Crippen molar-refractivity contribution in [1.29, 1.82) is 0 Å². The van der Waals surface area contributed by atoms with Gasteiger partial charge < -0.3 is 4.74 Å². The third-order valence-corrected chi connectivity index (χ3v) is 3.49. The Kier molecular flexibility index (Phi) is 3.42. The van der Waals surface area contributed by atoms with E-state index in [1.165, 1.54) is 5.19 Å². The number of benzene rings is 1. The lowest BCUT2D eigenvalue weighted by molar-refractivity contribution is -0.0498. The standard InChI is InChI=1S/C9H12F2OSi/c1-13(2)8-5-3-7(4-6-8)12-9(10)11/h3-6,9,13H,1-2H3. The molecule has 0 spiro atoms. The van der Waals surface area contributed by atoms with E-state index >= 15 is 0 Å². The van der Waals surface area contributed by atoms with Crippen LogP contribution in [0.2, 0.25) is 13.1 Å². The molecule has 0 aliphatic rings. The van der Waals surface area contributed by atoms with Crippen LogP contribution >= 0.6 is 0 Å². The summed E-state index contributed by atoms with van der Waals surface area (Å²) >= 11 is 0. The molecule has 0 bridgehead atoms. The fraction of sp³-hybridized carbons (Fsp3) is 0.333. The molecule has 0 saturated carbocycles. The molecule has 0 atom stereocenters. The van der Waals surface area contributed by atoms with Gasteiger partial charge in [-0.25, -0.2) is 0 Å². The van der Waals surface area contributed by atoms with E-state index in [-0.39, 0.29) is 5.75 Å². The van der Waals surface area contributed by atoms with Crippen molar-refractivity contribution in [2.45, 2.75) is 19.7 Å². The van der Waals surface area contributed by atoms with Crippen LogP contribution in [-0.2, 0) is 0 Å². The quantitative estimate of drug-likeness (QED) is 0.681. The van der Waals surface area contributed by atoms with Crippen molar-refractivity contribution in [2.24, 2.45) is 0 Å². The van der Waals surface area contributed by atoms with E-state index in [0.29, 0.717) is 0 Å². The van der Waals surface area contributed by atoms with Crippen LogP contribution in [0.5, 0.6) is 5.75 Å². The highest BCUT2D eigenvalue weighted by atomic mass is 28.3. The lowest BCUT2D eigenvalue weighted by Gasteiger charge is -2.06. The molecule has 0 heterocycles. The zero-order chi connectivity index (χ0) is 9.84. The molecule has 1 nitrogen and oxygen atoms in total. The highest BCUT2D eigenvalue weighted by molar-refractivity contribution is 6.70. The zero-order valence-electron chi connectivity index (χ0n) is 7.63. The molecular formula is C9H12F2OSi. The largest absolute Gasteiger partial charge is 0.435 e. The van der Waals surface area contributed by atoms with Gasteiger partial charge in [-0.15, -0.1) is 0 Å². The second kappa shape index (κ2) is 4.37. The van der Waals surface area contributed by atoms with Crippen LogP contribution in [0.1, 0.15) is 0 Å². The van der Waals surface area contributed by atoms with Crippen molar-refractivity contribution in [2.75, 3.05) is 0 Å². The van der Waals surface area contributed by atoms with E-state index in [4.69, 9.17) is 0 Å². The lowest BCUT2D eigenvalue weighted by atomic mass is 10.3. The summed E-state index contributed by atoms with van der Waals surface area (Å²) in [6.07, 6.45) is 0. The maximum Gasteiger partial charge on any atom is 0.387 e. The van der Waals surface area contributed by atoms with Crippen LogP contribution in [0.4, 0.5) is 8.78 Å². The molecule has 0 N–H and O–H groups in total. The van der Waals surface area contributed by atoms with Gasteiger partial charge in [0.1, 0.15) is 5.75 Å². The summed E-state index contributed by atoms with van der Waals surface area (Å²) in [5.41, 5.74) is 0. The minimum atomic E-state index is -2.73. The van der Waals surface area contributed by atoms with E-state index in [0.717, 1.165) is 0 Å². The number of hydrogen-bond donors (Lipinski definition) is 0. The first-order valence-electron chi connectivity index (χ1n) is 4.14. The van der Waals surface area contributed by atoms with E-state index in [1.54, 1.807) is 12.1 Å². The topological polar surface area (TPSA) is 9.23 Å². The SMILES string of the molecule is C[SiH](C)c1ccc(OC(F)F)cc1. The van der Waals surface area contributed by atoms with Crippen molar-refractivity contribution in [3.8, 4) is 5.75 Å². The van der Waals surface area contributed by atoms with Crippen molar-refractivity contribution in [3.63, 3.8) is 0 Å². The number of hydrogen-bond acceptors (Lipinski definition) is 1. The van der Waals surface area contributed by atoms with Crippen LogP contribution in [0, 0.1) is 0 Å². The fourth-order valence-electron chi connectivity index (χ4n) is 1.03. The molecule has 0 unspecified atom stereocenters. The maximum absolute atomic E-state index is 11.8. The molecular weight excluding hydrogens is 190 g/mol. The van der Waals surface area contributed by atoms with Crippen LogP contribution in [0.25, 0.3) is 0 Å². The van der Waals surface area contributed by atoms with Gasteiger partial charge in [0.25, 0.3) is 0 Å². The lowest BCUT2D eigenvalue weighted by Crippen LogP contribution is -2.21. The molecule has 72 valence electrons. The molecule has 0 aliphatic carbocycles. The molecule has 4 heteroatoms.